The zero-order chi connectivity index (χ0) is 23.5. The smallest absolute Gasteiger partial charge is 0.392 e. The average Bonchev–Trinajstić information content (AvgIpc) is 2.74. The first kappa shape index (κ1) is 24.0. The second-order valence-electron chi connectivity index (χ2n) is 8.08. The van der Waals surface area contributed by atoms with Crippen LogP contribution in [0.1, 0.15) is 53.1 Å². The minimum atomic E-state index is -4.40. The minimum Gasteiger partial charge on any atom is -0.392 e. The van der Waals surface area contributed by atoms with E-state index in [4.69, 9.17) is 4.74 Å². The van der Waals surface area contributed by atoms with Crippen molar-refractivity contribution >= 4 is 0 Å². The molecule has 0 amide bonds. The van der Waals surface area contributed by atoms with E-state index >= 15 is 0 Å². The number of rotatable bonds is 7. The Morgan fingerprint density at radius 1 is 0.938 bits per heavy atom. The van der Waals surface area contributed by atoms with Crippen molar-refractivity contribution < 1.29 is 27.4 Å². The number of alkyl halides is 3. The summed E-state index contributed by atoms with van der Waals surface area (Å²) in [5.74, 6) is -0.261. The molecule has 2 nitrogen and oxygen atoms in total. The molecule has 0 aliphatic rings. The quantitative estimate of drug-likeness (QED) is 0.402. The summed E-state index contributed by atoms with van der Waals surface area (Å²) in [5.41, 5.74) is 4.92. The van der Waals surface area contributed by atoms with Gasteiger partial charge in [-0.15, -0.1) is 0 Å². The Bertz CT molecular complexity index is 1050. The summed E-state index contributed by atoms with van der Waals surface area (Å²) in [6.45, 7) is 4.12. The van der Waals surface area contributed by atoms with Crippen LogP contribution in [-0.4, -0.2) is 12.2 Å². The van der Waals surface area contributed by atoms with Crippen LogP contribution in [0.4, 0.5) is 17.6 Å². The SMILES string of the molecule is COCc1cc(C(C)C)c(Cc2ccc(C(F)(F)F)cc2)c(-c2ccc(F)cc2)c1CO. The van der Waals surface area contributed by atoms with E-state index in [9.17, 15) is 22.7 Å². The van der Waals surface area contributed by atoms with Crippen molar-refractivity contribution in [3.05, 3.63) is 93.8 Å². The highest BCUT2D eigenvalue weighted by molar-refractivity contribution is 5.75. The largest absolute Gasteiger partial charge is 0.416 e. The van der Waals surface area contributed by atoms with Gasteiger partial charge in [-0.3, -0.25) is 0 Å². The molecule has 0 spiro atoms. The van der Waals surface area contributed by atoms with Gasteiger partial charge < -0.3 is 9.84 Å². The number of methoxy groups -OCH3 is 1. The molecule has 3 rings (SSSR count). The molecule has 0 aliphatic heterocycles. The molecule has 0 unspecified atom stereocenters. The van der Waals surface area contributed by atoms with E-state index < -0.39 is 11.7 Å². The highest BCUT2D eigenvalue weighted by Crippen LogP contribution is 2.38. The number of benzene rings is 3. The van der Waals surface area contributed by atoms with Gasteiger partial charge in [0.2, 0.25) is 0 Å². The van der Waals surface area contributed by atoms with Crippen LogP contribution >= 0.6 is 0 Å². The summed E-state index contributed by atoms with van der Waals surface area (Å²) in [7, 11) is 1.57. The monoisotopic (exact) mass is 446 g/mol. The van der Waals surface area contributed by atoms with Crippen molar-refractivity contribution in [3.8, 4) is 11.1 Å². The molecule has 32 heavy (non-hydrogen) atoms. The fourth-order valence-corrected chi connectivity index (χ4v) is 4.00. The highest BCUT2D eigenvalue weighted by atomic mass is 19.4. The van der Waals surface area contributed by atoms with Gasteiger partial charge in [-0.1, -0.05) is 44.2 Å². The lowest BCUT2D eigenvalue weighted by molar-refractivity contribution is -0.137. The normalized spacial score (nSPS) is 11.9. The van der Waals surface area contributed by atoms with Gasteiger partial charge in [0, 0.05) is 7.11 Å². The van der Waals surface area contributed by atoms with Crippen molar-refractivity contribution in [2.75, 3.05) is 7.11 Å². The van der Waals surface area contributed by atoms with Gasteiger partial charge in [-0.25, -0.2) is 4.39 Å². The van der Waals surface area contributed by atoms with E-state index in [-0.39, 0.29) is 18.3 Å². The number of ether oxygens (including phenoxy) is 1. The van der Waals surface area contributed by atoms with E-state index in [2.05, 4.69) is 0 Å². The van der Waals surface area contributed by atoms with Crippen LogP contribution in [0, 0.1) is 5.82 Å². The summed E-state index contributed by atoms with van der Waals surface area (Å²) >= 11 is 0. The lowest BCUT2D eigenvalue weighted by Gasteiger charge is -2.24. The third kappa shape index (κ3) is 5.19. The fraction of sp³-hybridized carbons (Fsp3) is 0.308. The number of hydrogen-bond acceptors (Lipinski definition) is 2. The van der Waals surface area contributed by atoms with Crippen LogP contribution in [0.2, 0.25) is 0 Å². The van der Waals surface area contributed by atoms with E-state index in [1.165, 1.54) is 24.3 Å². The minimum absolute atomic E-state index is 0.113. The lowest BCUT2D eigenvalue weighted by Crippen LogP contribution is -2.09. The second-order valence-corrected chi connectivity index (χ2v) is 8.08. The molecule has 0 aliphatic carbocycles. The van der Waals surface area contributed by atoms with Crippen LogP contribution in [0.25, 0.3) is 11.1 Å². The first-order valence-corrected chi connectivity index (χ1v) is 10.3. The van der Waals surface area contributed by atoms with Crippen LogP contribution in [0.15, 0.2) is 54.6 Å². The van der Waals surface area contributed by atoms with E-state index in [0.717, 1.165) is 39.9 Å². The van der Waals surface area contributed by atoms with Crippen LogP contribution in [0.3, 0.4) is 0 Å². The molecule has 6 heteroatoms. The first-order valence-electron chi connectivity index (χ1n) is 10.3. The first-order chi connectivity index (χ1) is 15.2. The van der Waals surface area contributed by atoms with E-state index in [1.807, 2.05) is 19.9 Å². The molecule has 0 atom stereocenters. The third-order valence-corrected chi connectivity index (χ3v) is 5.54. The maximum absolute atomic E-state index is 13.6. The van der Waals surface area contributed by atoms with Crippen molar-refractivity contribution in [2.45, 2.75) is 45.6 Å². The molecular weight excluding hydrogens is 420 g/mol. The molecule has 0 bridgehead atoms. The standard InChI is InChI=1S/C26H26F4O2/c1-16(2)22-13-19(15-32-3)24(14-31)25(18-6-10-21(27)11-7-18)23(22)12-17-4-8-20(9-5-17)26(28,29)30/h4-11,13,16,31H,12,14-15H2,1-3H3. The molecule has 0 saturated heterocycles. The average molecular weight is 446 g/mol. The molecule has 170 valence electrons. The second kappa shape index (κ2) is 9.84. The Balaban J connectivity index is 2.23. The van der Waals surface area contributed by atoms with E-state index in [1.54, 1.807) is 19.2 Å². The molecule has 1 N–H and O–H groups in total. The Kier molecular flexibility index (Phi) is 7.36. The predicted octanol–water partition coefficient (Wildman–Crippen LogP) is 6.86. The molecular formula is C26H26F4O2. The van der Waals surface area contributed by atoms with Crippen molar-refractivity contribution in [2.24, 2.45) is 0 Å². The zero-order valence-corrected chi connectivity index (χ0v) is 18.3. The summed E-state index contributed by atoms with van der Waals surface area (Å²) in [5, 5.41) is 10.2. The third-order valence-electron chi connectivity index (χ3n) is 5.54. The predicted molar refractivity (Wildman–Crippen MR) is 117 cm³/mol. The van der Waals surface area contributed by atoms with Crippen LogP contribution < -0.4 is 0 Å². The molecule has 0 fully saturated rings. The summed E-state index contributed by atoms with van der Waals surface area (Å²) in [4.78, 5) is 0. The van der Waals surface area contributed by atoms with Crippen molar-refractivity contribution in [1.82, 2.24) is 0 Å². The number of aliphatic hydroxyl groups excluding tert-OH is 1. The highest BCUT2D eigenvalue weighted by Gasteiger charge is 2.30. The van der Waals surface area contributed by atoms with E-state index in [0.29, 0.717) is 24.2 Å². The van der Waals surface area contributed by atoms with Gasteiger partial charge in [0.15, 0.2) is 0 Å². The Hall–Kier alpha value is -2.70. The summed E-state index contributed by atoms with van der Waals surface area (Å²) < 4.78 is 57.9. The van der Waals surface area contributed by atoms with Crippen molar-refractivity contribution in [3.63, 3.8) is 0 Å². The Labute approximate surface area is 185 Å². The Morgan fingerprint density at radius 2 is 1.56 bits per heavy atom. The van der Waals surface area contributed by atoms with Gasteiger partial charge in [-0.05, 0) is 75.5 Å². The van der Waals surface area contributed by atoms with Crippen LogP contribution in [-0.2, 0) is 30.5 Å². The number of halogens is 4. The lowest BCUT2D eigenvalue weighted by atomic mass is 9.82. The van der Waals surface area contributed by atoms with Gasteiger partial charge in [0.25, 0.3) is 0 Å². The summed E-state index contributed by atoms with van der Waals surface area (Å²) in [6, 6.07) is 13.1. The summed E-state index contributed by atoms with van der Waals surface area (Å²) in [6.07, 6.45) is -4.02. The Morgan fingerprint density at radius 3 is 2.06 bits per heavy atom. The maximum Gasteiger partial charge on any atom is 0.416 e. The molecule has 3 aromatic carbocycles. The maximum atomic E-state index is 13.6. The van der Waals surface area contributed by atoms with Gasteiger partial charge >= 0.3 is 6.18 Å². The molecule has 0 aromatic heterocycles. The topological polar surface area (TPSA) is 29.5 Å². The number of aliphatic hydroxyl groups is 1. The fourth-order valence-electron chi connectivity index (χ4n) is 4.00. The van der Waals surface area contributed by atoms with Gasteiger partial charge in [0.1, 0.15) is 5.82 Å². The van der Waals surface area contributed by atoms with Crippen LogP contribution in [0.5, 0.6) is 0 Å². The molecule has 0 heterocycles. The zero-order valence-electron chi connectivity index (χ0n) is 18.3. The number of hydrogen-bond donors (Lipinski definition) is 1. The molecule has 0 saturated carbocycles. The molecule has 0 radical (unpaired) electrons. The van der Waals surface area contributed by atoms with Gasteiger partial charge in [0.05, 0.1) is 18.8 Å². The van der Waals surface area contributed by atoms with Gasteiger partial charge in [-0.2, -0.15) is 13.2 Å². The molecule has 3 aromatic rings. The van der Waals surface area contributed by atoms with Crippen molar-refractivity contribution in [1.29, 1.82) is 0 Å².